The van der Waals surface area contributed by atoms with E-state index in [9.17, 15) is 0 Å². The van der Waals surface area contributed by atoms with Gasteiger partial charge in [-0.15, -0.1) is 0 Å². The van der Waals surface area contributed by atoms with Gasteiger partial charge in [0.2, 0.25) is 0 Å². The van der Waals surface area contributed by atoms with Crippen molar-refractivity contribution in [3.05, 3.63) is 30.1 Å². The first-order chi connectivity index (χ1) is 9.74. The van der Waals surface area contributed by atoms with E-state index in [4.69, 9.17) is 17.6 Å². The van der Waals surface area contributed by atoms with Crippen molar-refractivity contribution >= 4 is 23.7 Å². The second-order valence-corrected chi connectivity index (χ2v) is 6.62. The Hall–Kier alpha value is -0.960. The molecule has 0 unspecified atom stereocenters. The number of benzene rings is 1. The fourth-order valence-electron chi connectivity index (χ4n) is 3.58. The Morgan fingerprint density at radius 3 is 2.55 bits per heavy atom. The molecule has 1 aromatic carbocycles. The van der Waals surface area contributed by atoms with Gasteiger partial charge in [-0.1, -0.05) is 37.8 Å². The zero-order chi connectivity index (χ0) is 14.0. The van der Waals surface area contributed by atoms with Crippen LogP contribution in [0.5, 0.6) is 0 Å². The minimum Gasteiger partial charge on any atom is -0.328 e. The molecule has 1 heterocycles. The van der Waals surface area contributed by atoms with Crippen LogP contribution in [0, 0.1) is 12.3 Å². The summed E-state index contributed by atoms with van der Waals surface area (Å²) in [6.45, 7) is 3.20. The van der Waals surface area contributed by atoms with Crippen LogP contribution in [0.25, 0.3) is 11.0 Å². The molecule has 2 aromatic rings. The maximum absolute atomic E-state index is 4.71. The zero-order valence-corrected chi connectivity index (χ0v) is 13.2. The first kappa shape index (κ1) is 14.0. The number of thiol groups is 1. The van der Waals surface area contributed by atoms with Gasteiger partial charge >= 0.3 is 0 Å². The lowest BCUT2D eigenvalue weighted by atomic mass is 9.82. The predicted molar refractivity (Wildman–Crippen MR) is 88.5 cm³/mol. The van der Waals surface area contributed by atoms with Crippen molar-refractivity contribution in [3.63, 3.8) is 0 Å². The molecular formula is C17H24N2S. The van der Waals surface area contributed by atoms with Crippen molar-refractivity contribution in [1.29, 1.82) is 0 Å². The SMILES string of the molecule is Cc1nc2ccccc2n1CC1(CS)CCCCCC1. The van der Waals surface area contributed by atoms with Crippen LogP contribution in [0.4, 0.5) is 0 Å². The van der Waals surface area contributed by atoms with Gasteiger partial charge in [-0.25, -0.2) is 4.98 Å². The molecule has 0 atom stereocenters. The van der Waals surface area contributed by atoms with Gasteiger partial charge in [-0.3, -0.25) is 0 Å². The third kappa shape index (κ3) is 2.60. The highest BCUT2D eigenvalue weighted by Gasteiger charge is 2.31. The highest BCUT2D eigenvalue weighted by atomic mass is 32.1. The molecule has 108 valence electrons. The quantitative estimate of drug-likeness (QED) is 0.645. The molecule has 0 aliphatic heterocycles. The van der Waals surface area contributed by atoms with Gasteiger partial charge in [0, 0.05) is 6.54 Å². The highest BCUT2D eigenvalue weighted by molar-refractivity contribution is 7.80. The van der Waals surface area contributed by atoms with Crippen LogP contribution >= 0.6 is 12.6 Å². The summed E-state index contributed by atoms with van der Waals surface area (Å²) in [7, 11) is 0. The average Bonchev–Trinajstić information content (AvgIpc) is 2.65. The van der Waals surface area contributed by atoms with Crippen LogP contribution in [0.15, 0.2) is 24.3 Å². The molecule has 0 bridgehead atoms. The summed E-state index contributed by atoms with van der Waals surface area (Å²) in [4.78, 5) is 4.71. The van der Waals surface area contributed by atoms with E-state index in [0.29, 0.717) is 5.41 Å². The third-order valence-corrected chi connectivity index (χ3v) is 5.51. The first-order valence-corrected chi connectivity index (χ1v) is 8.40. The Bertz CT molecular complexity index is 580. The summed E-state index contributed by atoms with van der Waals surface area (Å²) in [6, 6.07) is 8.48. The van der Waals surface area contributed by atoms with E-state index in [2.05, 4.69) is 35.8 Å². The molecule has 1 aromatic heterocycles. The first-order valence-electron chi connectivity index (χ1n) is 7.77. The summed E-state index contributed by atoms with van der Waals surface area (Å²) in [5, 5.41) is 0. The lowest BCUT2D eigenvalue weighted by molar-refractivity contribution is 0.242. The molecule has 0 N–H and O–H groups in total. The van der Waals surface area contributed by atoms with Gasteiger partial charge < -0.3 is 4.57 Å². The van der Waals surface area contributed by atoms with Crippen molar-refractivity contribution < 1.29 is 0 Å². The number of para-hydroxylation sites is 2. The van der Waals surface area contributed by atoms with Crippen molar-refractivity contribution in [2.75, 3.05) is 5.75 Å². The number of fused-ring (bicyclic) bond motifs is 1. The molecule has 1 saturated carbocycles. The van der Waals surface area contributed by atoms with E-state index in [1.807, 2.05) is 0 Å². The van der Waals surface area contributed by atoms with Gasteiger partial charge in [-0.2, -0.15) is 12.6 Å². The van der Waals surface area contributed by atoms with Gasteiger partial charge in [0.25, 0.3) is 0 Å². The number of aromatic nitrogens is 2. The molecule has 0 amide bonds. The molecular weight excluding hydrogens is 264 g/mol. The molecule has 1 aliphatic rings. The van der Waals surface area contributed by atoms with E-state index in [-0.39, 0.29) is 0 Å². The Balaban J connectivity index is 1.96. The lowest BCUT2D eigenvalue weighted by Gasteiger charge is -2.32. The van der Waals surface area contributed by atoms with Gasteiger partial charge in [0.15, 0.2) is 0 Å². The topological polar surface area (TPSA) is 17.8 Å². The molecule has 1 fully saturated rings. The van der Waals surface area contributed by atoms with Crippen LogP contribution in [0.3, 0.4) is 0 Å². The van der Waals surface area contributed by atoms with Gasteiger partial charge in [-0.05, 0) is 43.1 Å². The van der Waals surface area contributed by atoms with E-state index < -0.39 is 0 Å². The Kier molecular flexibility index (Phi) is 4.06. The lowest BCUT2D eigenvalue weighted by Crippen LogP contribution is -2.29. The van der Waals surface area contributed by atoms with E-state index >= 15 is 0 Å². The predicted octanol–water partition coefficient (Wildman–Crippen LogP) is 4.62. The molecule has 3 rings (SSSR count). The molecule has 1 aliphatic carbocycles. The van der Waals surface area contributed by atoms with Crippen LogP contribution < -0.4 is 0 Å². The summed E-state index contributed by atoms with van der Waals surface area (Å²) in [5.74, 6) is 2.12. The fraction of sp³-hybridized carbons (Fsp3) is 0.588. The monoisotopic (exact) mass is 288 g/mol. The molecule has 0 spiro atoms. The smallest absolute Gasteiger partial charge is 0.106 e. The summed E-state index contributed by atoms with van der Waals surface area (Å²) in [5.41, 5.74) is 2.75. The molecule has 2 nitrogen and oxygen atoms in total. The zero-order valence-electron chi connectivity index (χ0n) is 12.3. The minimum absolute atomic E-state index is 0.355. The maximum atomic E-state index is 4.71. The fourth-order valence-corrected chi connectivity index (χ4v) is 3.99. The average molecular weight is 288 g/mol. The van der Waals surface area contributed by atoms with E-state index in [1.54, 1.807) is 0 Å². The van der Waals surface area contributed by atoms with Crippen molar-refractivity contribution in [1.82, 2.24) is 9.55 Å². The second kappa shape index (κ2) is 5.80. The number of nitrogens with zero attached hydrogens (tertiary/aromatic N) is 2. The van der Waals surface area contributed by atoms with Crippen molar-refractivity contribution in [2.24, 2.45) is 5.41 Å². The number of hydrogen-bond donors (Lipinski definition) is 1. The summed E-state index contributed by atoms with van der Waals surface area (Å²) in [6.07, 6.45) is 8.10. The van der Waals surface area contributed by atoms with Crippen LogP contribution in [0.2, 0.25) is 0 Å². The third-order valence-electron chi connectivity index (χ3n) is 4.84. The molecule has 20 heavy (non-hydrogen) atoms. The Morgan fingerprint density at radius 2 is 1.85 bits per heavy atom. The highest BCUT2D eigenvalue weighted by Crippen LogP contribution is 2.38. The molecule has 0 radical (unpaired) electrons. The molecule has 3 heteroatoms. The number of aryl methyl sites for hydroxylation is 1. The molecule has 0 saturated heterocycles. The Morgan fingerprint density at radius 1 is 1.15 bits per heavy atom. The summed E-state index contributed by atoms with van der Waals surface area (Å²) < 4.78 is 2.41. The normalized spacial score (nSPS) is 19.1. The van der Waals surface area contributed by atoms with Crippen molar-refractivity contribution in [2.45, 2.75) is 52.0 Å². The van der Waals surface area contributed by atoms with Crippen LogP contribution in [-0.2, 0) is 6.54 Å². The van der Waals surface area contributed by atoms with Crippen LogP contribution in [-0.4, -0.2) is 15.3 Å². The van der Waals surface area contributed by atoms with Crippen molar-refractivity contribution in [3.8, 4) is 0 Å². The number of imidazole rings is 1. The maximum Gasteiger partial charge on any atom is 0.106 e. The minimum atomic E-state index is 0.355. The number of hydrogen-bond acceptors (Lipinski definition) is 2. The summed E-state index contributed by atoms with van der Waals surface area (Å²) >= 11 is 4.70. The largest absolute Gasteiger partial charge is 0.328 e. The number of rotatable bonds is 3. The van der Waals surface area contributed by atoms with Gasteiger partial charge in [0.05, 0.1) is 11.0 Å². The standard InChI is InChI=1S/C17H24N2S/c1-14-18-15-8-4-5-9-16(15)19(14)12-17(13-20)10-6-2-3-7-11-17/h4-5,8-9,20H,2-3,6-7,10-13H2,1H3. The Labute approximate surface area is 127 Å². The van der Waals surface area contributed by atoms with E-state index in [0.717, 1.165) is 23.6 Å². The van der Waals surface area contributed by atoms with Crippen LogP contribution in [0.1, 0.15) is 44.3 Å². The van der Waals surface area contributed by atoms with Gasteiger partial charge in [0.1, 0.15) is 5.82 Å². The van der Waals surface area contributed by atoms with E-state index in [1.165, 1.54) is 44.0 Å². The second-order valence-electron chi connectivity index (χ2n) is 6.31.